The zero-order chi connectivity index (χ0) is 11.7. The fourth-order valence-electron chi connectivity index (χ4n) is 1.58. The molecule has 1 atom stereocenters. The molecule has 0 radical (unpaired) electrons. The number of alkyl halides is 1. The fraction of sp³-hybridized carbons (Fsp3) is 0.917. The van der Waals surface area contributed by atoms with Crippen LogP contribution in [-0.2, 0) is 4.79 Å². The van der Waals surface area contributed by atoms with Crippen LogP contribution in [0.4, 0.5) is 0 Å². The lowest BCUT2D eigenvalue weighted by Gasteiger charge is -2.16. The van der Waals surface area contributed by atoms with Gasteiger partial charge >= 0.3 is 0 Å². The van der Waals surface area contributed by atoms with Crippen molar-refractivity contribution in [2.45, 2.75) is 46.5 Å². The molecule has 0 aliphatic rings. The summed E-state index contributed by atoms with van der Waals surface area (Å²) in [7, 11) is 0. The van der Waals surface area contributed by atoms with Crippen LogP contribution in [0.1, 0.15) is 46.5 Å². The first kappa shape index (κ1) is 14.9. The van der Waals surface area contributed by atoms with E-state index in [0.717, 1.165) is 37.6 Å². The second-order valence-corrected chi connectivity index (χ2v) is 4.93. The highest BCUT2D eigenvalue weighted by Gasteiger charge is 2.16. The molecule has 15 heavy (non-hydrogen) atoms. The number of nitrogens with one attached hydrogen (secondary N) is 1. The number of hydrogen-bond donors (Lipinski definition) is 1. The van der Waals surface area contributed by atoms with E-state index in [1.165, 1.54) is 0 Å². The van der Waals surface area contributed by atoms with Crippen molar-refractivity contribution in [2.75, 3.05) is 11.9 Å². The second-order valence-electron chi connectivity index (χ2n) is 4.28. The number of rotatable bonds is 8. The van der Waals surface area contributed by atoms with Crippen LogP contribution in [0.5, 0.6) is 0 Å². The third kappa shape index (κ3) is 6.93. The SMILES string of the molecule is CCCC(CCC)C(=O)NCC(C)CBr. The summed E-state index contributed by atoms with van der Waals surface area (Å²) in [6.07, 6.45) is 4.21. The summed E-state index contributed by atoms with van der Waals surface area (Å²) in [6, 6.07) is 0. The van der Waals surface area contributed by atoms with Crippen molar-refractivity contribution in [1.82, 2.24) is 5.32 Å². The van der Waals surface area contributed by atoms with Crippen LogP contribution in [0.25, 0.3) is 0 Å². The second kappa shape index (κ2) is 9.20. The lowest BCUT2D eigenvalue weighted by Crippen LogP contribution is -2.34. The fourth-order valence-corrected chi connectivity index (χ4v) is 1.81. The summed E-state index contributed by atoms with van der Waals surface area (Å²) in [6.45, 7) is 7.19. The smallest absolute Gasteiger partial charge is 0.223 e. The minimum atomic E-state index is 0.225. The third-order valence-electron chi connectivity index (χ3n) is 2.53. The Morgan fingerprint density at radius 2 is 1.80 bits per heavy atom. The van der Waals surface area contributed by atoms with Gasteiger partial charge in [0.2, 0.25) is 5.91 Å². The standard InChI is InChI=1S/C12H24BrNO/c1-4-6-11(7-5-2)12(15)14-9-10(3)8-13/h10-11H,4-9H2,1-3H3,(H,14,15). The van der Waals surface area contributed by atoms with Crippen molar-refractivity contribution in [1.29, 1.82) is 0 Å². The Labute approximate surface area is 102 Å². The summed E-state index contributed by atoms with van der Waals surface area (Å²) >= 11 is 3.41. The third-order valence-corrected chi connectivity index (χ3v) is 3.64. The van der Waals surface area contributed by atoms with Gasteiger partial charge in [-0.3, -0.25) is 4.79 Å². The van der Waals surface area contributed by atoms with Gasteiger partial charge in [0, 0.05) is 17.8 Å². The molecule has 0 aromatic rings. The van der Waals surface area contributed by atoms with Gasteiger partial charge in [0.25, 0.3) is 0 Å². The number of carbonyl (C=O) groups excluding carboxylic acids is 1. The Kier molecular flexibility index (Phi) is 9.17. The minimum Gasteiger partial charge on any atom is -0.356 e. The van der Waals surface area contributed by atoms with Crippen molar-refractivity contribution < 1.29 is 4.79 Å². The first-order valence-electron chi connectivity index (χ1n) is 5.99. The maximum atomic E-state index is 11.8. The van der Waals surface area contributed by atoms with Crippen LogP contribution in [0, 0.1) is 11.8 Å². The monoisotopic (exact) mass is 277 g/mol. The zero-order valence-corrected chi connectivity index (χ0v) is 11.8. The molecule has 0 fully saturated rings. The number of carbonyl (C=O) groups is 1. The highest BCUT2D eigenvalue weighted by molar-refractivity contribution is 9.09. The zero-order valence-electron chi connectivity index (χ0n) is 10.2. The van der Waals surface area contributed by atoms with E-state index in [4.69, 9.17) is 0 Å². The van der Waals surface area contributed by atoms with Crippen molar-refractivity contribution >= 4 is 21.8 Å². The molecule has 1 N–H and O–H groups in total. The number of hydrogen-bond acceptors (Lipinski definition) is 1. The van der Waals surface area contributed by atoms with Gasteiger partial charge in [-0.25, -0.2) is 0 Å². The van der Waals surface area contributed by atoms with Gasteiger partial charge in [-0.05, 0) is 18.8 Å². The molecule has 90 valence electrons. The maximum Gasteiger partial charge on any atom is 0.223 e. The van der Waals surface area contributed by atoms with E-state index in [9.17, 15) is 4.79 Å². The Hall–Kier alpha value is -0.0500. The molecule has 0 saturated heterocycles. The summed E-state index contributed by atoms with van der Waals surface area (Å²) < 4.78 is 0. The van der Waals surface area contributed by atoms with Gasteiger partial charge in [0.15, 0.2) is 0 Å². The Balaban J connectivity index is 3.90. The van der Waals surface area contributed by atoms with Crippen LogP contribution in [-0.4, -0.2) is 17.8 Å². The largest absolute Gasteiger partial charge is 0.356 e. The van der Waals surface area contributed by atoms with Gasteiger partial charge < -0.3 is 5.32 Å². The average molecular weight is 278 g/mol. The van der Waals surface area contributed by atoms with Crippen LogP contribution in [0.15, 0.2) is 0 Å². The Morgan fingerprint density at radius 1 is 1.27 bits per heavy atom. The molecule has 0 heterocycles. The van der Waals surface area contributed by atoms with Crippen molar-refractivity contribution in [2.24, 2.45) is 11.8 Å². The minimum absolute atomic E-state index is 0.225. The van der Waals surface area contributed by atoms with E-state index in [-0.39, 0.29) is 11.8 Å². The van der Waals surface area contributed by atoms with E-state index < -0.39 is 0 Å². The predicted molar refractivity (Wildman–Crippen MR) is 69.3 cm³/mol. The first-order valence-corrected chi connectivity index (χ1v) is 7.11. The van der Waals surface area contributed by atoms with E-state index in [0.29, 0.717) is 5.92 Å². The van der Waals surface area contributed by atoms with Gasteiger partial charge in [0.1, 0.15) is 0 Å². The van der Waals surface area contributed by atoms with E-state index in [1.807, 2.05) is 0 Å². The normalized spacial score (nSPS) is 12.9. The van der Waals surface area contributed by atoms with Gasteiger partial charge in [-0.2, -0.15) is 0 Å². The van der Waals surface area contributed by atoms with Crippen LogP contribution in [0.2, 0.25) is 0 Å². The Bertz CT molecular complexity index is 167. The molecule has 0 rings (SSSR count). The molecule has 3 heteroatoms. The average Bonchev–Trinajstić information content (AvgIpc) is 2.25. The van der Waals surface area contributed by atoms with Gasteiger partial charge in [-0.1, -0.05) is 49.5 Å². The molecule has 0 aromatic carbocycles. The Morgan fingerprint density at radius 3 is 2.20 bits per heavy atom. The van der Waals surface area contributed by atoms with E-state index >= 15 is 0 Å². The van der Waals surface area contributed by atoms with Crippen LogP contribution < -0.4 is 5.32 Å². The summed E-state index contributed by atoms with van der Waals surface area (Å²) in [5, 5.41) is 3.98. The molecule has 1 unspecified atom stereocenters. The summed E-state index contributed by atoms with van der Waals surface area (Å²) in [4.78, 5) is 11.8. The molecule has 0 saturated carbocycles. The molecule has 0 aliphatic carbocycles. The van der Waals surface area contributed by atoms with E-state index in [1.54, 1.807) is 0 Å². The molecule has 0 bridgehead atoms. The van der Waals surface area contributed by atoms with Crippen molar-refractivity contribution in [3.05, 3.63) is 0 Å². The quantitative estimate of drug-likeness (QED) is 0.678. The lowest BCUT2D eigenvalue weighted by atomic mass is 9.97. The highest BCUT2D eigenvalue weighted by atomic mass is 79.9. The molecule has 1 amide bonds. The predicted octanol–water partition coefficient (Wildman–Crippen LogP) is 3.35. The van der Waals surface area contributed by atoms with Gasteiger partial charge in [0.05, 0.1) is 0 Å². The molecular weight excluding hydrogens is 254 g/mol. The van der Waals surface area contributed by atoms with Crippen LogP contribution >= 0.6 is 15.9 Å². The lowest BCUT2D eigenvalue weighted by molar-refractivity contribution is -0.125. The molecule has 0 spiro atoms. The molecule has 0 aromatic heterocycles. The molecule has 2 nitrogen and oxygen atoms in total. The maximum absolute atomic E-state index is 11.8. The first-order chi connectivity index (χ1) is 7.15. The number of amides is 1. The molecular formula is C12H24BrNO. The summed E-state index contributed by atoms with van der Waals surface area (Å²) in [5.41, 5.74) is 0. The molecule has 0 aliphatic heterocycles. The number of halogens is 1. The highest BCUT2D eigenvalue weighted by Crippen LogP contribution is 2.13. The van der Waals surface area contributed by atoms with Gasteiger partial charge in [-0.15, -0.1) is 0 Å². The van der Waals surface area contributed by atoms with Crippen molar-refractivity contribution in [3.63, 3.8) is 0 Å². The van der Waals surface area contributed by atoms with E-state index in [2.05, 4.69) is 42.0 Å². The summed E-state index contributed by atoms with van der Waals surface area (Å²) in [5.74, 6) is 0.979. The van der Waals surface area contributed by atoms with Crippen molar-refractivity contribution in [3.8, 4) is 0 Å². The topological polar surface area (TPSA) is 29.1 Å². The van der Waals surface area contributed by atoms with Crippen LogP contribution in [0.3, 0.4) is 0 Å².